The molecule has 41 heteroatoms. The molecule has 0 saturated heterocycles. The first-order valence-electron chi connectivity index (χ1n) is 29.2. The topological polar surface area (TPSA) is 772 Å². The first kappa shape index (κ1) is 81.2. The van der Waals surface area contributed by atoms with E-state index in [0.29, 0.717) is 12.8 Å². The normalized spacial score (nSPS) is 13.7. The van der Waals surface area contributed by atoms with E-state index in [2.05, 4.69) is 72.5 Å². The summed E-state index contributed by atoms with van der Waals surface area (Å²) in [5, 5.41) is 40.1. The molecule has 0 unspecified atom stereocenters. The standard InChI is InChI=1S/C50H99N29O12/c51-18-2-1-10-27(76-43(89)34(25-80)79-36(82)26(52)9-3-19-66-45(54)55)37(83)72-28(11-4-20-67-46(56)57)38(84)73-30(13-6-22-69-48(60)61)40(86)77-32(16-17-35(53)81)42(88)75-29(12-5-21-68-47(58)59)39(85)74-31(14-7-23-70-49(62)63)41(87)78-33(44(90)91)15-8-24-71-50(64)65/h26-34,80H,1-25,51-52H2,(H2,53,81)(H,72,83)(H,73,84)(H,74,85)(H,75,88)(H,76,89)(H,77,86)(H,78,87)(H,79,82)(H,90,91)(H4,54,55,66)(H4,56,57,67)(H4,58,59,68)(H4,60,61,69)(H4,62,63,70)(H4,64,65,71)/t26-,27+,28+,29+,30-,31+,32+,33-,34+/m1/s1. The zero-order valence-electron chi connectivity index (χ0n) is 51.2. The smallest absolute Gasteiger partial charge is 0.326 e. The van der Waals surface area contributed by atoms with E-state index in [1.54, 1.807) is 0 Å². The maximum Gasteiger partial charge on any atom is 0.326 e. The van der Waals surface area contributed by atoms with E-state index in [1.807, 2.05) is 0 Å². The van der Waals surface area contributed by atoms with Crippen LogP contribution in [0.2, 0.25) is 0 Å². The summed E-state index contributed by atoms with van der Waals surface area (Å²) in [4.78, 5) is 160. The summed E-state index contributed by atoms with van der Waals surface area (Å²) in [5.74, 6) is -11.8. The van der Waals surface area contributed by atoms with Gasteiger partial charge in [0.2, 0.25) is 53.2 Å². The molecule has 0 saturated carbocycles. The number of aliphatic carboxylic acids is 1. The number of carbonyl (C=O) groups excluding carboxylic acids is 9. The van der Waals surface area contributed by atoms with Gasteiger partial charge in [0.1, 0.15) is 48.3 Å². The number of carboxylic acids is 1. The largest absolute Gasteiger partial charge is 0.480 e. The van der Waals surface area contributed by atoms with Gasteiger partial charge in [-0.15, -0.1) is 0 Å². The molecule has 0 aliphatic carbocycles. The fourth-order valence-corrected chi connectivity index (χ4v) is 8.20. The van der Waals surface area contributed by atoms with Crippen molar-refractivity contribution < 1.29 is 58.2 Å². The van der Waals surface area contributed by atoms with Crippen molar-refractivity contribution in [3.05, 3.63) is 0 Å². The predicted molar refractivity (Wildman–Crippen MR) is 339 cm³/mol. The van der Waals surface area contributed by atoms with Gasteiger partial charge in [0.15, 0.2) is 35.8 Å². The van der Waals surface area contributed by atoms with Gasteiger partial charge in [-0.25, -0.2) is 4.79 Å². The van der Waals surface area contributed by atoms with Gasteiger partial charge in [-0.3, -0.25) is 73.1 Å². The van der Waals surface area contributed by atoms with Crippen molar-refractivity contribution in [1.29, 1.82) is 0 Å². The summed E-state index contributed by atoms with van der Waals surface area (Å²) in [5.41, 5.74) is 82.7. The van der Waals surface area contributed by atoms with Crippen LogP contribution >= 0.6 is 0 Å². The Bertz CT molecular complexity index is 2510. The number of aliphatic hydroxyl groups is 1. The molecule has 516 valence electrons. The molecule has 0 radical (unpaired) electrons. The maximum atomic E-state index is 14.5. The zero-order chi connectivity index (χ0) is 69.0. The van der Waals surface area contributed by atoms with Crippen LogP contribution in [0.3, 0.4) is 0 Å². The number of carboxylic acid groups (broad SMARTS) is 1. The van der Waals surface area contributed by atoms with Crippen LogP contribution in [0.5, 0.6) is 0 Å². The second kappa shape index (κ2) is 46.3. The van der Waals surface area contributed by atoms with E-state index in [9.17, 15) is 58.2 Å². The highest BCUT2D eigenvalue weighted by atomic mass is 16.4. The summed E-state index contributed by atoms with van der Waals surface area (Å²) in [6, 6.07) is -13.5. The van der Waals surface area contributed by atoms with E-state index >= 15 is 0 Å². The predicted octanol–water partition coefficient (Wildman–Crippen LogP) is -12.0. The van der Waals surface area contributed by atoms with Crippen molar-refractivity contribution in [1.82, 2.24) is 42.5 Å². The number of nitrogens with zero attached hydrogens (tertiary/aromatic N) is 6. The summed E-state index contributed by atoms with van der Waals surface area (Å²) >= 11 is 0. The molecule has 0 aliphatic rings. The van der Waals surface area contributed by atoms with Gasteiger partial charge < -0.3 is 139 Å². The third-order valence-electron chi connectivity index (χ3n) is 12.9. The highest BCUT2D eigenvalue weighted by Crippen LogP contribution is 2.11. The van der Waals surface area contributed by atoms with E-state index in [4.69, 9.17) is 86.0 Å². The van der Waals surface area contributed by atoms with Gasteiger partial charge >= 0.3 is 5.97 Å². The third-order valence-corrected chi connectivity index (χ3v) is 12.9. The number of aliphatic imine (C=N–C) groups is 6. The van der Waals surface area contributed by atoms with Crippen molar-refractivity contribution >= 4 is 94.9 Å². The molecule has 0 fully saturated rings. The number of amides is 9. The lowest BCUT2D eigenvalue weighted by Crippen LogP contribution is -2.60. The van der Waals surface area contributed by atoms with Crippen LogP contribution in [0.4, 0.5) is 0 Å². The van der Waals surface area contributed by atoms with Crippen LogP contribution in [-0.2, 0) is 47.9 Å². The Labute approximate surface area is 526 Å². The minimum absolute atomic E-state index is 0.000522. The number of primary amides is 1. The first-order chi connectivity index (χ1) is 42.9. The Hall–Kier alpha value is -9.80. The number of aliphatic hydroxyl groups excluding tert-OH is 1. The zero-order valence-corrected chi connectivity index (χ0v) is 51.2. The SMILES string of the molecule is NCCCC[C@H](NC(=O)[C@H](CO)NC(=O)[C@H](N)CCCN=C(N)N)C(=O)N[C@@H](CCCN=C(N)N)C(=O)N[C@H](CCCN=C(N)N)C(=O)N[C@@H](CCC(N)=O)C(=O)N[C@@H](CCCN=C(N)N)C(=O)N[C@@H](CCCN=C(N)N)C(=O)N[C@H](CCCN=C(N)N)C(=O)O. The average molecular weight is 1300 g/mol. The average Bonchev–Trinajstić information content (AvgIpc) is 2.35. The minimum Gasteiger partial charge on any atom is -0.480 e. The van der Waals surface area contributed by atoms with Crippen LogP contribution < -0.4 is 129 Å². The number of hydrogen-bond acceptors (Lipinski definition) is 19. The van der Waals surface area contributed by atoms with Crippen LogP contribution in [-0.4, -0.2) is 212 Å². The molecule has 0 aromatic heterocycles. The lowest BCUT2D eigenvalue weighted by molar-refractivity contribution is -0.142. The van der Waals surface area contributed by atoms with Gasteiger partial charge in [0, 0.05) is 45.7 Å². The van der Waals surface area contributed by atoms with Crippen LogP contribution in [0.25, 0.3) is 0 Å². The molecule has 0 heterocycles. The molecule has 40 N–H and O–H groups in total. The van der Waals surface area contributed by atoms with Crippen molar-refractivity contribution in [3.8, 4) is 0 Å². The van der Waals surface area contributed by atoms with E-state index in [1.165, 1.54) is 0 Å². The van der Waals surface area contributed by atoms with Gasteiger partial charge in [0.25, 0.3) is 0 Å². The Morgan fingerprint density at radius 3 is 0.791 bits per heavy atom. The van der Waals surface area contributed by atoms with Gasteiger partial charge in [-0.05, 0) is 109 Å². The second-order valence-corrected chi connectivity index (χ2v) is 20.6. The summed E-state index contributed by atoms with van der Waals surface area (Å²) in [6.07, 6.45) is -0.788. The molecule has 0 aromatic rings. The molecule has 9 amide bonds. The fourth-order valence-electron chi connectivity index (χ4n) is 8.20. The van der Waals surface area contributed by atoms with Crippen LogP contribution in [0, 0.1) is 0 Å². The second-order valence-electron chi connectivity index (χ2n) is 20.6. The Balaban J connectivity index is 7.34. The lowest BCUT2D eigenvalue weighted by Gasteiger charge is -2.28. The van der Waals surface area contributed by atoms with Gasteiger partial charge in [-0.1, -0.05) is 0 Å². The molecule has 41 nitrogen and oxygen atoms in total. The van der Waals surface area contributed by atoms with E-state index < -0.39 is 133 Å². The van der Waals surface area contributed by atoms with Crippen molar-refractivity contribution in [2.45, 2.75) is 164 Å². The minimum atomic E-state index is -1.70. The van der Waals surface area contributed by atoms with Gasteiger partial charge in [-0.2, -0.15) is 0 Å². The highest BCUT2D eigenvalue weighted by Gasteiger charge is 2.35. The molecule has 9 atom stereocenters. The number of hydrogen-bond donors (Lipinski definition) is 25. The summed E-state index contributed by atoms with van der Waals surface area (Å²) in [7, 11) is 0. The first-order valence-corrected chi connectivity index (χ1v) is 29.2. The number of unbranched alkanes of at least 4 members (excludes halogenated alkanes) is 1. The van der Waals surface area contributed by atoms with Crippen LogP contribution in [0.15, 0.2) is 30.0 Å². The number of guanidine groups is 6. The fraction of sp³-hybridized carbons (Fsp3) is 0.680. The lowest BCUT2D eigenvalue weighted by atomic mass is 10.0. The molecule has 0 aliphatic heterocycles. The molecular weight excluding hydrogens is 1200 g/mol. The van der Waals surface area contributed by atoms with Crippen molar-refractivity contribution in [3.63, 3.8) is 0 Å². The van der Waals surface area contributed by atoms with Crippen LogP contribution in [0.1, 0.15) is 109 Å². The number of rotatable bonds is 49. The number of nitrogens with two attached hydrogens (primary N) is 15. The maximum absolute atomic E-state index is 14.5. The number of carbonyl (C=O) groups is 10. The quantitative estimate of drug-likeness (QED) is 0.0153. The Morgan fingerprint density at radius 1 is 0.308 bits per heavy atom. The molecular formula is C50H99N29O12. The summed E-state index contributed by atoms with van der Waals surface area (Å²) < 4.78 is 0. The molecule has 0 rings (SSSR count). The Morgan fingerprint density at radius 2 is 0.538 bits per heavy atom. The molecule has 0 spiro atoms. The molecule has 0 bridgehead atoms. The summed E-state index contributed by atoms with van der Waals surface area (Å²) in [6.45, 7) is -0.779. The van der Waals surface area contributed by atoms with Gasteiger partial charge in [0.05, 0.1) is 12.6 Å². The van der Waals surface area contributed by atoms with E-state index in [0.717, 1.165) is 0 Å². The monoisotopic (exact) mass is 1300 g/mol. The van der Waals surface area contributed by atoms with Crippen molar-refractivity contribution in [2.24, 2.45) is 116 Å². The van der Waals surface area contributed by atoms with Crippen molar-refractivity contribution in [2.75, 3.05) is 52.4 Å². The molecule has 0 aromatic carbocycles. The molecule has 91 heavy (non-hydrogen) atoms. The highest BCUT2D eigenvalue weighted by molar-refractivity contribution is 5.98. The third kappa shape index (κ3) is 39.0. The number of nitrogens with one attached hydrogen (secondary N) is 8. The Kier molecular flexibility index (Phi) is 41.3. The van der Waals surface area contributed by atoms with E-state index in [-0.39, 0.29) is 165 Å².